The van der Waals surface area contributed by atoms with Crippen molar-refractivity contribution in [1.29, 1.82) is 0 Å². The summed E-state index contributed by atoms with van der Waals surface area (Å²) < 4.78 is 4.88. The summed E-state index contributed by atoms with van der Waals surface area (Å²) in [7, 11) is -1.24. The van der Waals surface area contributed by atoms with E-state index in [9.17, 15) is 4.79 Å². The molecule has 3 heteroatoms. The van der Waals surface area contributed by atoms with Gasteiger partial charge in [-0.15, -0.1) is 0 Å². The molecule has 0 aromatic heterocycles. The fourth-order valence-electron chi connectivity index (χ4n) is 0.839. The smallest absolute Gasteiger partial charge is 0.336 e. The normalized spacial score (nSPS) is 21.0. The number of cyclic esters (lactones) is 1. The second-order valence-corrected chi connectivity index (χ2v) is 8.69. The summed E-state index contributed by atoms with van der Waals surface area (Å²) in [6.07, 6.45) is 3.17. The van der Waals surface area contributed by atoms with Crippen LogP contribution >= 0.6 is 0 Å². The molecule has 0 fully saturated rings. The molecule has 11 heavy (non-hydrogen) atoms. The van der Waals surface area contributed by atoms with Crippen molar-refractivity contribution in [2.75, 3.05) is 0 Å². The molecule has 0 saturated carbocycles. The minimum absolute atomic E-state index is 0.255. The maximum atomic E-state index is 10.6. The molecule has 0 aliphatic carbocycles. The molecule has 0 radical (unpaired) electrons. The number of esters is 1. The van der Waals surface area contributed by atoms with Gasteiger partial charge in [-0.25, -0.2) is 4.79 Å². The van der Waals surface area contributed by atoms with Gasteiger partial charge in [-0.3, -0.25) is 0 Å². The van der Waals surface area contributed by atoms with Crippen LogP contribution in [0.4, 0.5) is 0 Å². The number of hydrogen-bond acceptors (Lipinski definition) is 2. The van der Waals surface area contributed by atoms with Crippen molar-refractivity contribution >= 4 is 14.0 Å². The van der Waals surface area contributed by atoms with E-state index in [1.165, 1.54) is 6.08 Å². The number of allylic oxidation sites excluding steroid dienone is 1. The zero-order valence-corrected chi connectivity index (χ0v) is 8.05. The number of carbonyl (C=O) groups is 1. The molecule has 0 N–H and O–H groups in total. The summed E-state index contributed by atoms with van der Waals surface area (Å²) >= 11 is 0. The lowest BCUT2D eigenvalue weighted by atomic mass is 10.5. The molecule has 1 rings (SSSR count). The van der Waals surface area contributed by atoms with Gasteiger partial charge in [0, 0.05) is 6.08 Å². The highest BCUT2D eigenvalue weighted by molar-refractivity contribution is 6.81. The fraction of sp³-hybridized carbons (Fsp3) is 0.375. The zero-order valence-electron chi connectivity index (χ0n) is 7.05. The average Bonchev–Trinajstić information content (AvgIpc) is 2.10. The van der Waals surface area contributed by atoms with Gasteiger partial charge in [-0.2, -0.15) is 0 Å². The first kappa shape index (κ1) is 8.27. The van der Waals surface area contributed by atoms with E-state index in [-0.39, 0.29) is 5.97 Å². The van der Waals surface area contributed by atoms with Crippen LogP contribution in [-0.2, 0) is 9.53 Å². The molecule has 1 aliphatic rings. The minimum atomic E-state index is -1.24. The molecule has 0 saturated heterocycles. The third-order valence-electron chi connectivity index (χ3n) is 1.18. The van der Waals surface area contributed by atoms with Crippen molar-refractivity contribution in [3.8, 4) is 0 Å². The van der Waals surface area contributed by atoms with Gasteiger partial charge in [0.2, 0.25) is 0 Å². The third-order valence-corrected chi connectivity index (χ3v) is 2.33. The van der Waals surface area contributed by atoms with Crippen LogP contribution in [0.3, 0.4) is 0 Å². The van der Waals surface area contributed by atoms with E-state index >= 15 is 0 Å². The SMILES string of the molecule is C[Si](C)(C)/C=C1\C=CC(=O)O1. The molecule has 0 atom stereocenters. The van der Waals surface area contributed by atoms with Crippen LogP contribution in [0.25, 0.3) is 0 Å². The van der Waals surface area contributed by atoms with E-state index in [1.54, 1.807) is 6.08 Å². The van der Waals surface area contributed by atoms with Crippen molar-refractivity contribution in [3.05, 3.63) is 23.6 Å². The highest BCUT2D eigenvalue weighted by Gasteiger charge is 2.15. The molecule has 0 bridgehead atoms. The lowest BCUT2D eigenvalue weighted by Crippen LogP contribution is -2.16. The molecule has 0 amide bonds. The van der Waals surface area contributed by atoms with Crippen molar-refractivity contribution in [1.82, 2.24) is 0 Å². The highest BCUT2D eigenvalue weighted by Crippen LogP contribution is 2.13. The second-order valence-electron chi connectivity index (χ2n) is 3.67. The quantitative estimate of drug-likeness (QED) is 0.441. The van der Waals surface area contributed by atoms with Crippen molar-refractivity contribution in [2.45, 2.75) is 19.6 Å². The van der Waals surface area contributed by atoms with Crippen LogP contribution in [0.15, 0.2) is 23.6 Å². The first-order valence-electron chi connectivity index (χ1n) is 3.60. The molecule has 1 heterocycles. The van der Waals surface area contributed by atoms with Crippen LogP contribution in [0.5, 0.6) is 0 Å². The monoisotopic (exact) mass is 168 g/mol. The first-order valence-corrected chi connectivity index (χ1v) is 7.18. The van der Waals surface area contributed by atoms with Crippen molar-refractivity contribution < 1.29 is 9.53 Å². The lowest BCUT2D eigenvalue weighted by molar-refractivity contribution is -0.132. The van der Waals surface area contributed by atoms with Crippen molar-refractivity contribution in [3.63, 3.8) is 0 Å². The maximum Gasteiger partial charge on any atom is 0.336 e. The Morgan fingerprint density at radius 2 is 2.00 bits per heavy atom. The Bertz CT molecular complexity index is 233. The maximum absolute atomic E-state index is 10.6. The molecule has 2 nitrogen and oxygen atoms in total. The first-order chi connectivity index (χ1) is 4.97. The van der Waals surface area contributed by atoms with E-state index in [0.29, 0.717) is 5.76 Å². The van der Waals surface area contributed by atoms with Crippen LogP contribution in [0, 0.1) is 0 Å². The average molecular weight is 168 g/mol. The Balaban J connectivity index is 2.71. The van der Waals surface area contributed by atoms with Crippen LogP contribution in [-0.4, -0.2) is 14.0 Å². The molecule has 0 aromatic rings. The van der Waals surface area contributed by atoms with Gasteiger partial charge in [0.05, 0.1) is 8.07 Å². The van der Waals surface area contributed by atoms with E-state index in [4.69, 9.17) is 4.74 Å². The van der Waals surface area contributed by atoms with Crippen LogP contribution < -0.4 is 0 Å². The fourth-order valence-corrected chi connectivity index (χ4v) is 1.85. The third kappa shape index (κ3) is 2.72. The Kier molecular flexibility index (Phi) is 2.00. The van der Waals surface area contributed by atoms with Gasteiger partial charge in [-0.05, 0) is 6.08 Å². The summed E-state index contributed by atoms with van der Waals surface area (Å²) in [4.78, 5) is 10.6. The standard InChI is InChI=1S/C8H12O2Si/c1-11(2,3)6-7-4-5-8(9)10-7/h4-6H,1-3H3/b7-6+. The lowest BCUT2D eigenvalue weighted by Gasteiger charge is -2.09. The van der Waals surface area contributed by atoms with Gasteiger partial charge < -0.3 is 4.74 Å². The predicted molar refractivity (Wildman–Crippen MR) is 46.7 cm³/mol. The number of rotatable bonds is 1. The Hall–Kier alpha value is -0.833. The summed E-state index contributed by atoms with van der Waals surface area (Å²) in [6, 6.07) is 0. The second kappa shape index (κ2) is 2.66. The summed E-state index contributed by atoms with van der Waals surface area (Å²) in [6.45, 7) is 6.58. The molecular formula is C8H12O2Si. The van der Waals surface area contributed by atoms with E-state index < -0.39 is 8.07 Å². The Labute approximate surface area is 67.6 Å². The molecule has 60 valence electrons. The zero-order chi connectivity index (χ0) is 8.48. The number of carbonyl (C=O) groups excluding carboxylic acids is 1. The van der Waals surface area contributed by atoms with Crippen LogP contribution in [0.1, 0.15) is 0 Å². The Morgan fingerprint density at radius 1 is 1.36 bits per heavy atom. The number of hydrogen-bond donors (Lipinski definition) is 0. The largest absolute Gasteiger partial charge is 0.424 e. The molecule has 0 unspecified atom stereocenters. The van der Waals surface area contributed by atoms with Gasteiger partial charge in [-0.1, -0.05) is 25.3 Å². The van der Waals surface area contributed by atoms with E-state index in [2.05, 4.69) is 25.3 Å². The van der Waals surface area contributed by atoms with Gasteiger partial charge >= 0.3 is 5.97 Å². The predicted octanol–water partition coefficient (Wildman–Crippen LogP) is 1.86. The number of ether oxygens (including phenoxy) is 1. The highest BCUT2D eigenvalue weighted by atomic mass is 28.3. The van der Waals surface area contributed by atoms with E-state index in [0.717, 1.165) is 0 Å². The molecular weight excluding hydrogens is 156 g/mol. The summed E-state index contributed by atoms with van der Waals surface area (Å²) in [5.74, 6) is 0.462. The van der Waals surface area contributed by atoms with Gasteiger partial charge in [0.15, 0.2) is 0 Å². The summed E-state index contributed by atoms with van der Waals surface area (Å²) in [5, 5.41) is 0. The minimum Gasteiger partial charge on any atom is -0.424 e. The van der Waals surface area contributed by atoms with E-state index in [1.807, 2.05) is 0 Å². The Morgan fingerprint density at radius 3 is 2.36 bits per heavy atom. The topological polar surface area (TPSA) is 26.3 Å². The van der Waals surface area contributed by atoms with Crippen LogP contribution in [0.2, 0.25) is 19.6 Å². The van der Waals surface area contributed by atoms with Gasteiger partial charge in [0.1, 0.15) is 5.76 Å². The molecule has 1 aliphatic heterocycles. The molecule has 0 spiro atoms. The van der Waals surface area contributed by atoms with Gasteiger partial charge in [0.25, 0.3) is 0 Å². The van der Waals surface area contributed by atoms with Crippen molar-refractivity contribution in [2.24, 2.45) is 0 Å². The summed E-state index contributed by atoms with van der Waals surface area (Å²) in [5.41, 5.74) is 2.06. The molecule has 0 aromatic carbocycles.